The van der Waals surface area contributed by atoms with Gasteiger partial charge < -0.3 is 0 Å². The molecule has 0 saturated heterocycles. The van der Waals surface area contributed by atoms with E-state index in [1.807, 2.05) is 5.43 Å². The molecule has 0 atom stereocenters. The molecule has 2 aromatic rings. The van der Waals surface area contributed by atoms with Gasteiger partial charge in [-0.15, -0.1) is 16.2 Å². The summed E-state index contributed by atoms with van der Waals surface area (Å²) in [5, 5.41) is 0. The molecule has 2 N–H and O–H groups in total. The zero-order chi connectivity index (χ0) is 19.6. The molecular weight excluding hydrogens is 401 g/mol. The number of hydrogen-bond acceptors (Lipinski definition) is 4. The van der Waals surface area contributed by atoms with Crippen LogP contribution in [-0.4, -0.2) is 14.3 Å². The maximum atomic E-state index is 13.7. The van der Waals surface area contributed by atoms with E-state index in [9.17, 15) is 26.4 Å². The third-order valence-corrected chi connectivity index (χ3v) is 6.81. The van der Waals surface area contributed by atoms with Gasteiger partial charge in [-0.3, -0.25) is 10.2 Å². The molecule has 0 saturated carbocycles. The minimum absolute atomic E-state index is 0.329. The molecular formula is C17H17F3N2O3S2. The van der Waals surface area contributed by atoms with E-state index in [1.165, 1.54) is 11.3 Å². The van der Waals surface area contributed by atoms with Gasteiger partial charge in [0.1, 0.15) is 4.90 Å². The minimum Gasteiger partial charge on any atom is -0.273 e. The number of carbonyl (C=O) groups excluding carboxylic acids is 1. The van der Waals surface area contributed by atoms with E-state index in [4.69, 9.17) is 0 Å². The summed E-state index contributed by atoms with van der Waals surface area (Å²) in [6.45, 7) is 0. The van der Waals surface area contributed by atoms with E-state index in [-0.39, 0.29) is 0 Å². The smallest absolute Gasteiger partial charge is 0.273 e. The first kappa shape index (κ1) is 19.8. The van der Waals surface area contributed by atoms with E-state index < -0.39 is 38.3 Å². The van der Waals surface area contributed by atoms with Gasteiger partial charge >= 0.3 is 0 Å². The largest absolute Gasteiger partial charge is 0.276 e. The van der Waals surface area contributed by atoms with Crippen molar-refractivity contribution < 1.29 is 26.4 Å². The number of carbonyl (C=O) groups is 1. The lowest BCUT2D eigenvalue weighted by atomic mass is 10.00. The summed E-state index contributed by atoms with van der Waals surface area (Å²) >= 11 is 1.29. The Morgan fingerprint density at radius 2 is 1.70 bits per heavy atom. The van der Waals surface area contributed by atoms with Gasteiger partial charge in [0.25, 0.3) is 15.9 Å². The van der Waals surface area contributed by atoms with Crippen molar-refractivity contribution in [3.63, 3.8) is 0 Å². The normalized spacial score (nSPS) is 14.9. The van der Waals surface area contributed by atoms with Gasteiger partial charge in [-0.1, -0.05) is 12.8 Å². The molecule has 1 aromatic heterocycles. The van der Waals surface area contributed by atoms with Crippen LogP contribution < -0.4 is 10.3 Å². The highest BCUT2D eigenvalue weighted by Crippen LogP contribution is 2.28. The monoisotopic (exact) mass is 418 g/mol. The predicted octanol–water partition coefficient (Wildman–Crippen LogP) is 3.45. The standard InChI is InChI=1S/C17H17F3N2O3S2/c18-11-7-8-14(16(20)15(11)19)27(24,25)22-21-17(23)13-9-10-5-3-1-2-4-6-12(10)26-13/h7-9,22H,1-6H2,(H,21,23). The Kier molecular flexibility index (Phi) is 5.87. The number of nitrogens with one attached hydrogen (secondary N) is 2. The van der Waals surface area contributed by atoms with E-state index in [1.54, 1.807) is 10.9 Å². The van der Waals surface area contributed by atoms with Gasteiger partial charge in [-0.2, -0.15) is 0 Å². The van der Waals surface area contributed by atoms with Crippen molar-refractivity contribution in [3.05, 3.63) is 51.0 Å². The molecule has 146 valence electrons. The van der Waals surface area contributed by atoms with Crippen LogP contribution in [0, 0.1) is 17.5 Å². The lowest BCUT2D eigenvalue weighted by Crippen LogP contribution is -2.41. The third kappa shape index (κ3) is 4.33. The molecule has 27 heavy (non-hydrogen) atoms. The summed E-state index contributed by atoms with van der Waals surface area (Å²) < 4.78 is 64.1. The van der Waals surface area contributed by atoms with Gasteiger partial charge in [0.05, 0.1) is 4.88 Å². The van der Waals surface area contributed by atoms with E-state index >= 15 is 0 Å². The SMILES string of the molecule is O=C(NNS(=O)(=O)c1ccc(F)c(F)c1F)c1cc2c(s1)CCCCCC2. The molecule has 10 heteroatoms. The zero-order valence-corrected chi connectivity index (χ0v) is 15.8. The van der Waals surface area contributed by atoms with Crippen molar-refractivity contribution in [2.24, 2.45) is 0 Å². The van der Waals surface area contributed by atoms with Gasteiger partial charge in [0.2, 0.25) is 0 Å². The molecule has 1 aliphatic rings. The van der Waals surface area contributed by atoms with Crippen LogP contribution in [0.4, 0.5) is 13.2 Å². The molecule has 1 aromatic carbocycles. The number of sulfonamides is 1. The number of benzene rings is 1. The fourth-order valence-corrected chi connectivity index (χ4v) is 4.96. The first-order valence-electron chi connectivity index (χ1n) is 8.37. The first-order valence-corrected chi connectivity index (χ1v) is 10.7. The summed E-state index contributed by atoms with van der Waals surface area (Å²) in [7, 11) is -4.61. The number of aryl methyl sites for hydroxylation is 2. The quantitative estimate of drug-likeness (QED) is 0.590. The fraction of sp³-hybridized carbons (Fsp3) is 0.353. The highest BCUT2D eigenvalue weighted by Gasteiger charge is 2.25. The average Bonchev–Trinajstić information content (AvgIpc) is 2.99. The van der Waals surface area contributed by atoms with Crippen LogP contribution in [0.1, 0.15) is 45.8 Å². The van der Waals surface area contributed by atoms with Crippen LogP contribution in [-0.2, 0) is 22.9 Å². The Bertz CT molecular complexity index is 949. The van der Waals surface area contributed by atoms with Crippen LogP contribution >= 0.6 is 11.3 Å². The Hall–Kier alpha value is -1.91. The van der Waals surface area contributed by atoms with E-state index in [2.05, 4.69) is 0 Å². The van der Waals surface area contributed by atoms with Gasteiger partial charge in [0, 0.05) is 4.88 Å². The minimum atomic E-state index is -4.61. The van der Waals surface area contributed by atoms with Crippen LogP contribution in [0.3, 0.4) is 0 Å². The molecule has 0 bridgehead atoms. The molecule has 0 aliphatic heterocycles. The molecule has 1 aliphatic carbocycles. The highest BCUT2D eigenvalue weighted by atomic mass is 32.2. The molecule has 0 radical (unpaired) electrons. The van der Waals surface area contributed by atoms with Gasteiger partial charge in [-0.05, 0) is 49.4 Å². The lowest BCUT2D eigenvalue weighted by Gasteiger charge is -2.09. The molecule has 3 rings (SSSR count). The molecule has 0 unspecified atom stereocenters. The van der Waals surface area contributed by atoms with Crippen molar-refractivity contribution in [1.29, 1.82) is 0 Å². The van der Waals surface area contributed by atoms with Crippen LogP contribution in [0.5, 0.6) is 0 Å². The third-order valence-electron chi connectivity index (χ3n) is 4.31. The Morgan fingerprint density at radius 1 is 1.00 bits per heavy atom. The number of amides is 1. The summed E-state index contributed by atoms with van der Waals surface area (Å²) in [5.74, 6) is -5.96. The highest BCUT2D eigenvalue weighted by molar-refractivity contribution is 7.89. The van der Waals surface area contributed by atoms with Crippen molar-refractivity contribution in [2.45, 2.75) is 43.4 Å². The number of rotatable bonds is 4. The predicted molar refractivity (Wildman–Crippen MR) is 94.3 cm³/mol. The Balaban J connectivity index is 1.73. The van der Waals surface area contributed by atoms with E-state index in [0.717, 1.165) is 49.0 Å². The van der Waals surface area contributed by atoms with Crippen molar-refractivity contribution in [3.8, 4) is 0 Å². The van der Waals surface area contributed by atoms with Crippen LogP contribution in [0.25, 0.3) is 0 Å². The second-order valence-electron chi connectivity index (χ2n) is 6.21. The second kappa shape index (κ2) is 7.99. The number of halogens is 3. The van der Waals surface area contributed by atoms with Crippen LogP contribution in [0.15, 0.2) is 23.1 Å². The molecule has 5 nitrogen and oxygen atoms in total. The topological polar surface area (TPSA) is 75.3 Å². The molecule has 1 heterocycles. The molecule has 0 fully saturated rings. The Morgan fingerprint density at radius 3 is 2.44 bits per heavy atom. The number of hydrogen-bond donors (Lipinski definition) is 2. The fourth-order valence-electron chi connectivity index (χ4n) is 2.90. The van der Waals surface area contributed by atoms with Gasteiger partial charge in [-0.25, -0.2) is 21.6 Å². The number of thiophene rings is 1. The van der Waals surface area contributed by atoms with E-state index in [0.29, 0.717) is 17.0 Å². The maximum absolute atomic E-state index is 13.7. The van der Waals surface area contributed by atoms with Crippen molar-refractivity contribution in [1.82, 2.24) is 10.3 Å². The van der Waals surface area contributed by atoms with Crippen LogP contribution in [0.2, 0.25) is 0 Å². The first-order chi connectivity index (χ1) is 12.8. The summed E-state index contributed by atoms with van der Waals surface area (Å²) in [6.07, 6.45) is 6.09. The van der Waals surface area contributed by atoms with Crippen molar-refractivity contribution in [2.75, 3.05) is 0 Å². The number of hydrazine groups is 1. The Labute approximate surface area is 158 Å². The second-order valence-corrected chi connectivity index (χ2v) is 8.99. The van der Waals surface area contributed by atoms with Gasteiger partial charge in [0.15, 0.2) is 17.5 Å². The zero-order valence-electron chi connectivity index (χ0n) is 14.1. The average molecular weight is 418 g/mol. The molecule has 0 spiro atoms. The summed E-state index contributed by atoms with van der Waals surface area (Å²) in [4.78, 5) is 14.3. The van der Waals surface area contributed by atoms with Crippen molar-refractivity contribution >= 4 is 27.3 Å². The summed E-state index contributed by atoms with van der Waals surface area (Å²) in [6, 6.07) is 2.81. The molecule has 1 amide bonds. The summed E-state index contributed by atoms with van der Waals surface area (Å²) in [5.41, 5.74) is 3.07. The number of fused-ring (bicyclic) bond motifs is 1. The maximum Gasteiger partial charge on any atom is 0.276 e. The lowest BCUT2D eigenvalue weighted by molar-refractivity contribution is 0.0949.